The number of hydrogen-bond acceptors (Lipinski definition) is 1. The van der Waals surface area contributed by atoms with E-state index in [-0.39, 0.29) is 10.8 Å². The molecular weight excluding hydrogens is 380 g/mol. The Balaban J connectivity index is 3.58. The van der Waals surface area contributed by atoms with E-state index in [1.165, 1.54) is 16.7 Å². The van der Waals surface area contributed by atoms with Gasteiger partial charge >= 0.3 is 117 Å². The van der Waals surface area contributed by atoms with Gasteiger partial charge in [-0.15, -0.1) is 0 Å². The van der Waals surface area contributed by atoms with Crippen LogP contribution in [0, 0.1) is 6.92 Å². The Bertz CT molecular complexity index is 373. The molecule has 1 aromatic rings. The molecule has 0 aliphatic rings. The molecule has 0 bridgehead atoms. The van der Waals surface area contributed by atoms with Crippen LogP contribution in [-0.2, 0) is 31.0 Å². The third-order valence-corrected chi connectivity index (χ3v) is 3.53. The molecule has 0 unspecified atom stereocenters. The van der Waals surface area contributed by atoms with Crippen molar-refractivity contribution in [2.75, 3.05) is 0 Å². The van der Waals surface area contributed by atoms with E-state index < -0.39 is 0 Å². The van der Waals surface area contributed by atoms with E-state index in [0.29, 0.717) is 0 Å². The van der Waals surface area contributed by atoms with Crippen molar-refractivity contribution in [2.24, 2.45) is 0 Å². The second kappa shape index (κ2) is 4.76. The summed E-state index contributed by atoms with van der Waals surface area (Å²) in [6, 6.07) is 4.51. The van der Waals surface area contributed by atoms with Gasteiger partial charge in [-0.3, -0.25) is 0 Å². The van der Waals surface area contributed by atoms with Crippen LogP contribution < -0.4 is 3.39 Å². The standard InChI is InChI=1S/C15H24O.W/c1-10-8-11(14(2,3)4)13(16)12(9-10)15(5,6)7;/h8-9,16H,1-7H3;/q;+1/p-1. The molecule has 0 heterocycles. The molecule has 2 heteroatoms. The van der Waals surface area contributed by atoms with Crippen molar-refractivity contribution in [3.05, 3.63) is 28.8 Å². The van der Waals surface area contributed by atoms with Gasteiger partial charge in [-0.2, -0.15) is 0 Å². The van der Waals surface area contributed by atoms with E-state index >= 15 is 0 Å². The third kappa shape index (κ3) is 3.34. The van der Waals surface area contributed by atoms with Gasteiger partial charge in [0.1, 0.15) is 0 Å². The average Bonchev–Trinajstić information content (AvgIpc) is 2.13. The maximum atomic E-state index is 5.77. The molecule has 0 saturated carbocycles. The monoisotopic (exact) mass is 403 g/mol. The van der Waals surface area contributed by atoms with Crippen LogP contribution >= 0.6 is 0 Å². The molecule has 0 amide bonds. The van der Waals surface area contributed by atoms with E-state index in [9.17, 15) is 0 Å². The normalized spacial score (nSPS) is 12.6. The first-order valence-corrected chi connectivity index (χ1v) is 7.22. The fourth-order valence-electron chi connectivity index (χ4n) is 1.98. The van der Waals surface area contributed by atoms with Gasteiger partial charge in [-0.05, 0) is 0 Å². The predicted molar refractivity (Wildman–Crippen MR) is 69.2 cm³/mol. The molecule has 0 atom stereocenters. The molecule has 1 nitrogen and oxygen atoms in total. The fraction of sp³-hybridized carbons (Fsp3) is 0.600. The van der Waals surface area contributed by atoms with E-state index in [1.807, 2.05) is 0 Å². The Labute approximate surface area is 117 Å². The van der Waals surface area contributed by atoms with Crippen LogP contribution in [0.3, 0.4) is 0 Å². The first-order valence-electron chi connectivity index (χ1n) is 6.03. The van der Waals surface area contributed by atoms with Gasteiger partial charge in [0.05, 0.1) is 0 Å². The molecule has 0 aliphatic heterocycles. The quantitative estimate of drug-likeness (QED) is 0.674. The van der Waals surface area contributed by atoms with Crippen LogP contribution in [0.5, 0.6) is 5.75 Å². The molecule has 0 saturated heterocycles. The Morgan fingerprint density at radius 2 is 1.24 bits per heavy atom. The number of benzene rings is 1. The van der Waals surface area contributed by atoms with Gasteiger partial charge in [0.15, 0.2) is 0 Å². The summed E-state index contributed by atoms with van der Waals surface area (Å²) in [4.78, 5) is 0. The molecular formula is C15H23OW. The number of rotatable bonds is 1. The topological polar surface area (TPSA) is 9.23 Å². The molecule has 1 rings (SSSR count). The average molecular weight is 403 g/mol. The van der Waals surface area contributed by atoms with Gasteiger partial charge in [-0.1, -0.05) is 0 Å². The summed E-state index contributed by atoms with van der Waals surface area (Å²) >= 11 is 1.15. The zero-order valence-electron chi connectivity index (χ0n) is 12.0. The molecule has 0 radical (unpaired) electrons. The summed E-state index contributed by atoms with van der Waals surface area (Å²) in [6.45, 7) is 15.6. The van der Waals surface area contributed by atoms with Crippen LogP contribution in [-0.4, -0.2) is 0 Å². The van der Waals surface area contributed by atoms with Crippen LogP contribution in [0.25, 0.3) is 0 Å². The minimum atomic E-state index is 0.122. The Kier molecular flexibility index (Phi) is 4.14. The van der Waals surface area contributed by atoms with Crippen LogP contribution in [0.2, 0.25) is 0 Å². The molecule has 0 aliphatic carbocycles. The van der Waals surface area contributed by atoms with E-state index in [1.54, 1.807) is 0 Å². The molecule has 0 N–H and O–H groups in total. The third-order valence-electron chi connectivity index (χ3n) is 2.93. The number of hydrogen-bond donors (Lipinski definition) is 0. The van der Waals surface area contributed by atoms with Crippen LogP contribution in [0.15, 0.2) is 12.1 Å². The second-order valence-electron chi connectivity index (χ2n) is 6.77. The first-order chi connectivity index (χ1) is 7.57. The molecule has 0 aromatic heterocycles. The van der Waals surface area contributed by atoms with Gasteiger partial charge < -0.3 is 0 Å². The van der Waals surface area contributed by atoms with Crippen molar-refractivity contribution in [3.63, 3.8) is 0 Å². The van der Waals surface area contributed by atoms with Gasteiger partial charge in [-0.25, -0.2) is 0 Å². The zero-order valence-corrected chi connectivity index (χ0v) is 14.9. The van der Waals surface area contributed by atoms with Crippen molar-refractivity contribution in [1.29, 1.82) is 0 Å². The van der Waals surface area contributed by atoms with E-state index in [4.69, 9.17) is 3.39 Å². The summed E-state index contributed by atoms with van der Waals surface area (Å²) in [5.74, 6) is 1.09. The van der Waals surface area contributed by atoms with E-state index in [0.717, 1.165) is 25.9 Å². The summed E-state index contributed by atoms with van der Waals surface area (Å²) in [7, 11) is 0. The molecule has 95 valence electrons. The zero-order chi connectivity index (χ0) is 13.4. The first kappa shape index (κ1) is 14.8. The van der Waals surface area contributed by atoms with Crippen molar-refractivity contribution < 1.29 is 23.6 Å². The van der Waals surface area contributed by atoms with Gasteiger partial charge in [0.2, 0.25) is 0 Å². The van der Waals surface area contributed by atoms with Crippen molar-refractivity contribution in [1.82, 2.24) is 0 Å². The fourth-order valence-corrected chi connectivity index (χ4v) is 2.62. The Morgan fingerprint density at radius 1 is 0.882 bits per heavy atom. The summed E-state index contributed by atoms with van der Waals surface area (Å²) < 4.78 is 5.77. The minimum absolute atomic E-state index is 0.122. The maximum absolute atomic E-state index is 5.77. The molecule has 17 heavy (non-hydrogen) atoms. The summed E-state index contributed by atoms with van der Waals surface area (Å²) in [5, 5.41) is 0. The molecule has 0 fully saturated rings. The Hall–Kier alpha value is -0.292. The molecule has 0 spiro atoms. The van der Waals surface area contributed by atoms with Crippen molar-refractivity contribution in [2.45, 2.75) is 59.3 Å². The predicted octanol–water partition coefficient (Wildman–Crippen LogP) is 4.43. The van der Waals surface area contributed by atoms with Crippen molar-refractivity contribution >= 4 is 0 Å². The van der Waals surface area contributed by atoms with Crippen LogP contribution in [0.4, 0.5) is 0 Å². The summed E-state index contributed by atoms with van der Waals surface area (Å²) in [5.41, 5.74) is 4.19. The van der Waals surface area contributed by atoms with E-state index in [2.05, 4.69) is 60.6 Å². The summed E-state index contributed by atoms with van der Waals surface area (Å²) in [6.07, 6.45) is 0. The molecule has 1 aromatic carbocycles. The SMILES string of the molecule is Cc1cc(C(C)(C)C)c([O][W])c(C(C)(C)C)c1. The van der Waals surface area contributed by atoms with Crippen molar-refractivity contribution in [3.8, 4) is 5.75 Å². The number of aryl methyl sites for hydroxylation is 1. The van der Waals surface area contributed by atoms with Gasteiger partial charge in [0.25, 0.3) is 0 Å². The Morgan fingerprint density at radius 3 is 1.47 bits per heavy atom. The van der Waals surface area contributed by atoms with Crippen LogP contribution in [0.1, 0.15) is 58.2 Å². The second-order valence-corrected chi connectivity index (χ2v) is 7.37. The van der Waals surface area contributed by atoms with Gasteiger partial charge in [0, 0.05) is 0 Å².